The first-order valence-electron chi connectivity index (χ1n) is 6.39. The number of halogens is 3. The fourth-order valence-electron chi connectivity index (χ4n) is 1.53. The molecule has 0 atom stereocenters. The van der Waals surface area contributed by atoms with E-state index >= 15 is 0 Å². The Morgan fingerprint density at radius 3 is 2.71 bits per heavy atom. The molecule has 0 spiro atoms. The molecule has 0 saturated heterocycles. The van der Waals surface area contributed by atoms with Gasteiger partial charge in [0.2, 0.25) is 5.91 Å². The van der Waals surface area contributed by atoms with E-state index in [1.807, 2.05) is 6.92 Å². The van der Waals surface area contributed by atoms with Gasteiger partial charge in [-0.25, -0.2) is 0 Å². The maximum absolute atomic E-state index is 12.0. The summed E-state index contributed by atoms with van der Waals surface area (Å²) >= 11 is 0. The Labute approximate surface area is 121 Å². The number of carbonyl (C=O) groups is 1. The molecule has 0 saturated carbocycles. The second kappa shape index (κ2) is 7.70. The Morgan fingerprint density at radius 1 is 1.38 bits per heavy atom. The van der Waals surface area contributed by atoms with Gasteiger partial charge in [-0.15, -0.1) is 0 Å². The molecule has 0 bridgehead atoms. The number of carbonyl (C=O) groups excluding carboxylic acids is 1. The van der Waals surface area contributed by atoms with Crippen molar-refractivity contribution in [3.63, 3.8) is 0 Å². The van der Waals surface area contributed by atoms with Crippen LogP contribution in [0.5, 0.6) is 0 Å². The average molecular weight is 299 g/mol. The lowest BCUT2D eigenvalue weighted by Crippen LogP contribution is -2.16. The molecule has 0 fully saturated rings. The summed E-state index contributed by atoms with van der Waals surface area (Å²) < 4.78 is 36.1. The van der Waals surface area contributed by atoms with Gasteiger partial charge in [0.05, 0.1) is 13.0 Å². The topological polar surface area (TPSA) is 49.3 Å². The summed E-state index contributed by atoms with van der Waals surface area (Å²) in [7, 11) is 0. The predicted molar refractivity (Wildman–Crippen MR) is 73.7 cm³/mol. The third-order valence-corrected chi connectivity index (χ3v) is 2.62. The van der Waals surface area contributed by atoms with Crippen LogP contribution in [0.3, 0.4) is 0 Å². The number of nitrogens with one attached hydrogen (secondary N) is 1. The largest absolute Gasteiger partial charge is 0.395 e. The summed E-state index contributed by atoms with van der Waals surface area (Å²) in [5.74, 6) is 4.91. The van der Waals surface area contributed by atoms with Crippen LogP contribution in [0.15, 0.2) is 18.2 Å². The molecule has 0 aliphatic rings. The van der Waals surface area contributed by atoms with E-state index in [2.05, 4.69) is 17.2 Å². The highest BCUT2D eigenvalue weighted by molar-refractivity contribution is 5.90. The molecule has 0 radical (unpaired) electrons. The Morgan fingerprint density at radius 2 is 2.10 bits per heavy atom. The molecule has 2 N–H and O–H groups in total. The predicted octanol–water partition coefficient (Wildman–Crippen LogP) is 3.01. The molecular formula is C15H16F3NO2. The van der Waals surface area contributed by atoms with E-state index in [0.717, 1.165) is 5.56 Å². The summed E-state index contributed by atoms with van der Waals surface area (Å²) in [6, 6.07) is 4.94. The normalized spacial score (nSPS) is 10.7. The van der Waals surface area contributed by atoms with Crippen LogP contribution in [0.1, 0.15) is 30.4 Å². The number of hydrogen-bond donors (Lipinski definition) is 2. The number of anilines is 1. The number of aliphatic hydroxyl groups is 1. The van der Waals surface area contributed by atoms with Crippen LogP contribution < -0.4 is 5.32 Å². The Hall–Kier alpha value is -2.00. The highest BCUT2D eigenvalue weighted by Crippen LogP contribution is 2.22. The van der Waals surface area contributed by atoms with Gasteiger partial charge in [0.25, 0.3) is 0 Å². The molecule has 1 rings (SSSR count). The van der Waals surface area contributed by atoms with E-state index in [0.29, 0.717) is 17.7 Å². The summed E-state index contributed by atoms with van der Waals surface area (Å²) in [5, 5.41) is 11.1. The molecule has 6 heteroatoms. The molecule has 114 valence electrons. The van der Waals surface area contributed by atoms with Gasteiger partial charge in [0.1, 0.15) is 0 Å². The molecule has 0 aliphatic carbocycles. The summed E-state index contributed by atoms with van der Waals surface area (Å²) in [6.07, 6.45) is -5.76. The van der Waals surface area contributed by atoms with Crippen LogP contribution in [0.4, 0.5) is 18.9 Å². The smallest absolute Gasteiger partial charge is 0.389 e. The van der Waals surface area contributed by atoms with E-state index in [1.165, 1.54) is 0 Å². The second-order valence-electron chi connectivity index (χ2n) is 4.47. The molecule has 1 aromatic carbocycles. The van der Waals surface area contributed by atoms with Gasteiger partial charge in [-0.2, -0.15) is 13.2 Å². The molecule has 1 aromatic rings. The number of hydrogen-bond acceptors (Lipinski definition) is 2. The van der Waals surface area contributed by atoms with Gasteiger partial charge in [-0.05, 0) is 24.6 Å². The van der Waals surface area contributed by atoms with Crippen LogP contribution in [0, 0.1) is 18.8 Å². The minimum absolute atomic E-state index is 0.0417. The van der Waals surface area contributed by atoms with E-state index in [1.54, 1.807) is 18.2 Å². The molecule has 3 nitrogen and oxygen atoms in total. The van der Waals surface area contributed by atoms with Crippen molar-refractivity contribution in [1.82, 2.24) is 0 Å². The molecule has 0 heterocycles. The van der Waals surface area contributed by atoms with Crippen molar-refractivity contribution in [2.75, 3.05) is 11.9 Å². The fourth-order valence-corrected chi connectivity index (χ4v) is 1.53. The first kappa shape index (κ1) is 17.1. The van der Waals surface area contributed by atoms with Crippen LogP contribution >= 0.6 is 0 Å². The van der Waals surface area contributed by atoms with Gasteiger partial charge in [0, 0.05) is 24.1 Å². The summed E-state index contributed by atoms with van der Waals surface area (Å²) in [6.45, 7) is 1.79. The zero-order valence-corrected chi connectivity index (χ0v) is 11.5. The van der Waals surface area contributed by atoms with Gasteiger partial charge in [0.15, 0.2) is 0 Å². The third-order valence-electron chi connectivity index (χ3n) is 2.62. The number of amides is 1. The van der Waals surface area contributed by atoms with Crippen LogP contribution in [-0.2, 0) is 4.79 Å². The number of alkyl halides is 3. The quantitative estimate of drug-likeness (QED) is 0.840. The van der Waals surface area contributed by atoms with Crippen LogP contribution in [0.25, 0.3) is 0 Å². The zero-order chi connectivity index (χ0) is 15.9. The molecule has 21 heavy (non-hydrogen) atoms. The van der Waals surface area contributed by atoms with E-state index in [9.17, 15) is 18.0 Å². The third kappa shape index (κ3) is 6.82. The van der Waals surface area contributed by atoms with Crippen LogP contribution in [0.2, 0.25) is 0 Å². The molecule has 0 aromatic heterocycles. The number of aliphatic hydroxyl groups excluding tert-OH is 1. The van der Waals surface area contributed by atoms with Crippen molar-refractivity contribution >= 4 is 11.6 Å². The summed E-state index contributed by atoms with van der Waals surface area (Å²) in [4.78, 5) is 11.4. The Bertz CT molecular complexity index is 556. The number of rotatable bonds is 4. The van der Waals surface area contributed by atoms with Crippen molar-refractivity contribution in [2.45, 2.75) is 32.4 Å². The minimum atomic E-state index is -4.34. The van der Waals surface area contributed by atoms with E-state index in [-0.39, 0.29) is 6.61 Å². The second-order valence-corrected chi connectivity index (χ2v) is 4.47. The first-order chi connectivity index (χ1) is 9.81. The summed E-state index contributed by atoms with van der Waals surface area (Å²) in [5.41, 5.74) is 1.95. The lowest BCUT2D eigenvalue weighted by atomic mass is 10.1. The fraction of sp³-hybridized carbons (Fsp3) is 0.400. The highest BCUT2D eigenvalue weighted by atomic mass is 19.4. The molecular weight excluding hydrogens is 283 g/mol. The Kier molecular flexibility index (Phi) is 6.25. The van der Waals surface area contributed by atoms with Gasteiger partial charge >= 0.3 is 6.18 Å². The van der Waals surface area contributed by atoms with Crippen LogP contribution in [-0.4, -0.2) is 23.8 Å². The molecule has 0 aliphatic heterocycles. The monoisotopic (exact) mass is 299 g/mol. The molecule has 0 unspecified atom stereocenters. The van der Waals surface area contributed by atoms with Crippen molar-refractivity contribution < 1.29 is 23.1 Å². The zero-order valence-electron chi connectivity index (χ0n) is 11.5. The molecule has 1 amide bonds. The number of aryl methyl sites for hydroxylation is 1. The first-order valence-corrected chi connectivity index (χ1v) is 6.39. The Balaban J connectivity index is 2.70. The van der Waals surface area contributed by atoms with Crippen molar-refractivity contribution in [3.8, 4) is 11.8 Å². The maximum atomic E-state index is 12.0. The van der Waals surface area contributed by atoms with Crippen molar-refractivity contribution in [2.24, 2.45) is 0 Å². The van der Waals surface area contributed by atoms with E-state index < -0.39 is 24.9 Å². The lowest BCUT2D eigenvalue weighted by Gasteiger charge is -2.08. The van der Waals surface area contributed by atoms with Gasteiger partial charge in [-0.1, -0.05) is 17.9 Å². The number of benzene rings is 1. The van der Waals surface area contributed by atoms with Crippen molar-refractivity contribution in [3.05, 3.63) is 29.3 Å². The highest BCUT2D eigenvalue weighted by Gasteiger charge is 2.27. The minimum Gasteiger partial charge on any atom is -0.395 e. The van der Waals surface area contributed by atoms with Gasteiger partial charge in [-0.3, -0.25) is 4.79 Å². The lowest BCUT2D eigenvalue weighted by molar-refractivity contribution is -0.142. The van der Waals surface area contributed by atoms with Crippen molar-refractivity contribution in [1.29, 1.82) is 0 Å². The average Bonchev–Trinajstić information content (AvgIpc) is 2.39. The van der Waals surface area contributed by atoms with Gasteiger partial charge < -0.3 is 10.4 Å². The SMILES string of the molecule is Cc1ccc(NC(=O)CCC(F)(F)F)cc1C#CCCO. The maximum Gasteiger partial charge on any atom is 0.389 e. The standard InChI is InChI=1S/C15H16F3NO2/c1-11-5-6-13(10-12(11)4-2-3-9-20)19-14(21)7-8-15(16,17)18/h5-6,10,20H,3,7-9H2,1H3,(H,19,21). The van der Waals surface area contributed by atoms with E-state index in [4.69, 9.17) is 5.11 Å².